The van der Waals surface area contributed by atoms with Crippen LogP contribution in [0.4, 0.5) is 17.1 Å². The molecule has 0 spiro atoms. The summed E-state index contributed by atoms with van der Waals surface area (Å²) in [6.45, 7) is 0. The lowest BCUT2D eigenvalue weighted by Gasteiger charge is -2.28. The van der Waals surface area contributed by atoms with Crippen molar-refractivity contribution in [3.05, 3.63) is 87.9 Å². The molecule has 0 saturated heterocycles. The van der Waals surface area contributed by atoms with E-state index in [2.05, 4.69) is 10.9 Å². The molecule has 0 radical (unpaired) electrons. The number of nitrogens with one attached hydrogen (secondary N) is 2. The number of benzene rings is 3. The molecule has 0 heterocycles. The zero-order valence-corrected chi connectivity index (χ0v) is 14.8. The molecule has 3 rings (SSSR count). The third-order valence-corrected chi connectivity index (χ3v) is 4.16. The molecule has 0 aliphatic rings. The molecule has 3 nitrogen and oxygen atoms in total. The lowest BCUT2D eigenvalue weighted by atomic mass is 10.3. The molecule has 0 unspecified atom stereocenters. The Morgan fingerprint density at radius 1 is 0.625 bits per heavy atom. The number of rotatable bonds is 5. The molecule has 0 aliphatic carbocycles. The number of hydrogen-bond donors (Lipinski definition) is 2. The highest BCUT2D eigenvalue weighted by Crippen LogP contribution is 2.28. The van der Waals surface area contributed by atoms with E-state index in [1.807, 2.05) is 60.7 Å². The van der Waals surface area contributed by atoms with Gasteiger partial charge in [0.15, 0.2) is 0 Å². The molecule has 3 aromatic rings. The average Bonchev–Trinajstić information content (AvgIpc) is 2.59. The second-order valence-corrected chi connectivity index (χ2v) is 6.25. The molecular weight excluding hydrogens is 365 g/mol. The van der Waals surface area contributed by atoms with Gasteiger partial charge in [0, 0.05) is 5.02 Å². The van der Waals surface area contributed by atoms with E-state index in [0.717, 1.165) is 11.4 Å². The maximum absolute atomic E-state index is 6.27. The molecule has 24 heavy (non-hydrogen) atoms. The van der Waals surface area contributed by atoms with Gasteiger partial charge in [0.25, 0.3) is 0 Å². The van der Waals surface area contributed by atoms with Crippen LogP contribution in [0.15, 0.2) is 72.8 Å². The number of para-hydroxylation sites is 2. The van der Waals surface area contributed by atoms with Crippen molar-refractivity contribution < 1.29 is 0 Å². The summed E-state index contributed by atoms with van der Waals surface area (Å²) in [4.78, 5) is 0. The summed E-state index contributed by atoms with van der Waals surface area (Å²) < 4.78 is 0. The number of halogens is 3. The topological polar surface area (TPSA) is 27.3 Å². The Morgan fingerprint density at radius 3 is 1.92 bits per heavy atom. The molecule has 2 N–H and O–H groups in total. The highest BCUT2D eigenvalue weighted by atomic mass is 35.5. The maximum Gasteiger partial charge on any atom is 0.0811 e. The van der Waals surface area contributed by atoms with Gasteiger partial charge in [0.2, 0.25) is 0 Å². The lowest BCUT2D eigenvalue weighted by Crippen LogP contribution is -2.35. The smallest absolute Gasteiger partial charge is 0.0811 e. The van der Waals surface area contributed by atoms with E-state index in [-0.39, 0.29) is 0 Å². The monoisotopic (exact) mass is 377 g/mol. The fourth-order valence-corrected chi connectivity index (χ4v) is 2.74. The van der Waals surface area contributed by atoms with Gasteiger partial charge in [0.1, 0.15) is 0 Å². The summed E-state index contributed by atoms with van der Waals surface area (Å²) in [6.07, 6.45) is 0. The van der Waals surface area contributed by atoms with Crippen molar-refractivity contribution in [3.63, 3.8) is 0 Å². The third kappa shape index (κ3) is 4.06. The summed E-state index contributed by atoms with van der Waals surface area (Å²) in [7, 11) is 0. The number of hydrazine groups is 2. The largest absolute Gasteiger partial charge is 0.278 e. The Hall–Kier alpha value is -2.07. The molecule has 0 fully saturated rings. The minimum atomic E-state index is 0.518. The van der Waals surface area contributed by atoms with Crippen LogP contribution >= 0.6 is 34.8 Å². The number of anilines is 3. The second-order valence-electron chi connectivity index (χ2n) is 5.00. The van der Waals surface area contributed by atoms with Crippen LogP contribution in [-0.2, 0) is 0 Å². The van der Waals surface area contributed by atoms with Gasteiger partial charge in [0.05, 0.1) is 27.1 Å². The van der Waals surface area contributed by atoms with Crippen LogP contribution in [0.2, 0.25) is 15.1 Å². The van der Waals surface area contributed by atoms with Crippen molar-refractivity contribution in [2.75, 3.05) is 16.0 Å². The third-order valence-electron chi connectivity index (χ3n) is 3.28. The summed E-state index contributed by atoms with van der Waals surface area (Å²) in [6, 6.07) is 22.5. The van der Waals surface area contributed by atoms with Crippen LogP contribution in [-0.4, -0.2) is 0 Å². The van der Waals surface area contributed by atoms with Gasteiger partial charge < -0.3 is 0 Å². The zero-order valence-electron chi connectivity index (χ0n) is 12.5. The molecule has 0 aromatic heterocycles. The van der Waals surface area contributed by atoms with Crippen molar-refractivity contribution in [2.45, 2.75) is 0 Å². The zero-order chi connectivity index (χ0) is 16.9. The van der Waals surface area contributed by atoms with E-state index in [9.17, 15) is 0 Å². The van der Waals surface area contributed by atoms with Crippen LogP contribution < -0.4 is 16.0 Å². The second kappa shape index (κ2) is 7.67. The molecule has 6 heteroatoms. The van der Waals surface area contributed by atoms with Crippen LogP contribution in [0.1, 0.15) is 0 Å². The normalized spacial score (nSPS) is 10.3. The first-order valence-electron chi connectivity index (χ1n) is 7.21. The molecule has 0 aliphatic heterocycles. The molecule has 0 amide bonds. The molecule has 0 atom stereocenters. The van der Waals surface area contributed by atoms with Crippen LogP contribution in [0.25, 0.3) is 0 Å². The summed E-state index contributed by atoms with van der Waals surface area (Å²) in [5, 5.41) is 3.46. The number of hydrogen-bond acceptors (Lipinski definition) is 3. The van der Waals surface area contributed by atoms with Gasteiger partial charge in [-0.2, -0.15) is 5.12 Å². The van der Waals surface area contributed by atoms with Gasteiger partial charge in [-0.3, -0.25) is 10.9 Å². The minimum absolute atomic E-state index is 0.518. The van der Waals surface area contributed by atoms with Crippen LogP contribution in [0, 0.1) is 0 Å². The van der Waals surface area contributed by atoms with Crippen molar-refractivity contribution in [1.82, 2.24) is 0 Å². The summed E-state index contributed by atoms with van der Waals surface area (Å²) in [5.41, 5.74) is 8.86. The van der Waals surface area contributed by atoms with E-state index in [1.54, 1.807) is 17.3 Å². The van der Waals surface area contributed by atoms with E-state index in [1.165, 1.54) is 0 Å². The van der Waals surface area contributed by atoms with Crippen LogP contribution in [0.5, 0.6) is 0 Å². The van der Waals surface area contributed by atoms with Crippen molar-refractivity contribution in [2.24, 2.45) is 0 Å². The fourth-order valence-electron chi connectivity index (χ4n) is 2.11. The van der Waals surface area contributed by atoms with E-state index in [4.69, 9.17) is 34.8 Å². The average molecular weight is 379 g/mol. The van der Waals surface area contributed by atoms with Gasteiger partial charge >= 0.3 is 0 Å². The first kappa shape index (κ1) is 16.8. The minimum Gasteiger partial charge on any atom is -0.278 e. The first-order chi connectivity index (χ1) is 11.6. The lowest BCUT2D eigenvalue weighted by molar-refractivity contribution is 1.06. The number of nitrogens with zero attached hydrogens (tertiary/aromatic N) is 1. The Balaban J connectivity index is 1.92. The molecule has 122 valence electrons. The Bertz CT molecular complexity index is 825. The SMILES string of the molecule is Clc1ccc(NN(Nc2ccccc2Cl)c2ccccc2)c(Cl)c1. The van der Waals surface area contributed by atoms with Crippen LogP contribution in [0.3, 0.4) is 0 Å². The Labute approximate surface area is 155 Å². The maximum atomic E-state index is 6.27. The standard InChI is InChI=1S/C18H14Cl3N3/c19-13-10-11-18(16(21)12-13)23-24(14-6-2-1-3-7-14)22-17-9-5-4-8-15(17)20/h1-12,22-23H. The summed E-state index contributed by atoms with van der Waals surface area (Å²) >= 11 is 18.5. The van der Waals surface area contributed by atoms with E-state index >= 15 is 0 Å². The predicted octanol–water partition coefficient (Wildman–Crippen LogP) is 6.51. The quantitative estimate of drug-likeness (QED) is 0.496. The van der Waals surface area contributed by atoms with E-state index in [0.29, 0.717) is 20.8 Å². The van der Waals surface area contributed by atoms with Crippen molar-refractivity contribution in [3.8, 4) is 0 Å². The molecular formula is C18H14Cl3N3. The Kier molecular flexibility index (Phi) is 5.36. The van der Waals surface area contributed by atoms with Gasteiger partial charge in [-0.25, -0.2) is 0 Å². The van der Waals surface area contributed by atoms with Gasteiger partial charge in [-0.15, -0.1) is 0 Å². The fraction of sp³-hybridized carbons (Fsp3) is 0. The van der Waals surface area contributed by atoms with E-state index < -0.39 is 0 Å². The molecule has 0 saturated carbocycles. The van der Waals surface area contributed by atoms with Gasteiger partial charge in [-0.05, 0) is 42.5 Å². The predicted molar refractivity (Wildman–Crippen MR) is 104 cm³/mol. The summed E-state index contributed by atoms with van der Waals surface area (Å²) in [5.74, 6) is 0. The molecule has 0 bridgehead atoms. The Morgan fingerprint density at radius 2 is 1.25 bits per heavy atom. The first-order valence-corrected chi connectivity index (χ1v) is 8.35. The highest BCUT2D eigenvalue weighted by molar-refractivity contribution is 6.36. The van der Waals surface area contributed by atoms with Gasteiger partial charge in [-0.1, -0.05) is 65.1 Å². The van der Waals surface area contributed by atoms with Crippen molar-refractivity contribution >= 4 is 51.9 Å². The van der Waals surface area contributed by atoms with Crippen molar-refractivity contribution in [1.29, 1.82) is 0 Å². The molecule has 3 aromatic carbocycles. The highest BCUT2D eigenvalue weighted by Gasteiger charge is 2.10.